The summed E-state index contributed by atoms with van der Waals surface area (Å²) in [7, 11) is 0. The summed E-state index contributed by atoms with van der Waals surface area (Å²) < 4.78 is 5.00. The van der Waals surface area contributed by atoms with Gasteiger partial charge in [0.1, 0.15) is 6.61 Å². The van der Waals surface area contributed by atoms with E-state index < -0.39 is 0 Å². The predicted molar refractivity (Wildman–Crippen MR) is 49.3 cm³/mol. The van der Waals surface area contributed by atoms with Gasteiger partial charge < -0.3 is 9.84 Å². The van der Waals surface area contributed by atoms with E-state index in [2.05, 4.69) is 0 Å². The lowest BCUT2D eigenvalue weighted by Gasteiger charge is -2.05. The Morgan fingerprint density at radius 2 is 2.31 bits per heavy atom. The van der Waals surface area contributed by atoms with Gasteiger partial charge in [-0.1, -0.05) is 11.6 Å². The molecular weight excluding hydrogens is 192 g/mol. The Bertz CT molecular complexity index is 323. The lowest BCUT2D eigenvalue weighted by molar-refractivity contribution is -0.118. The lowest BCUT2D eigenvalue weighted by Crippen LogP contribution is -2.06. The molecule has 70 valence electrons. The lowest BCUT2D eigenvalue weighted by atomic mass is 10.3. The molecule has 0 bridgehead atoms. The second-order valence-electron chi connectivity index (χ2n) is 2.60. The second kappa shape index (κ2) is 4.14. The molecule has 1 N–H and O–H groups in total. The van der Waals surface area contributed by atoms with E-state index in [1.54, 1.807) is 6.07 Å². The van der Waals surface area contributed by atoms with Crippen molar-refractivity contribution in [1.82, 2.24) is 0 Å². The number of aromatic hydroxyl groups is 1. The van der Waals surface area contributed by atoms with Crippen LogP contribution in [-0.2, 0) is 4.79 Å². The molecule has 0 unspecified atom stereocenters. The second-order valence-corrected chi connectivity index (χ2v) is 3.04. The SMILES string of the molecule is CC(=O)COc1ccc(Cl)cc1O. The molecule has 0 aliphatic carbocycles. The summed E-state index contributed by atoms with van der Waals surface area (Å²) in [6.45, 7) is 1.36. The van der Waals surface area contributed by atoms with Gasteiger partial charge in [0.15, 0.2) is 17.3 Å². The van der Waals surface area contributed by atoms with Crippen molar-refractivity contribution >= 4 is 17.4 Å². The zero-order valence-corrected chi connectivity index (χ0v) is 7.84. The number of halogens is 1. The van der Waals surface area contributed by atoms with Gasteiger partial charge in [0.25, 0.3) is 0 Å². The fraction of sp³-hybridized carbons (Fsp3) is 0.222. The zero-order chi connectivity index (χ0) is 9.84. The maximum absolute atomic E-state index is 10.6. The number of carbonyl (C=O) groups excluding carboxylic acids is 1. The number of Topliss-reactive ketones (excluding diaryl/α,β-unsaturated/α-hetero) is 1. The summed E-state index contributed by atoms with van der Waals surface area (Å²) in [6, 6.07) is 4.45. The molecular formula is C9H9ClO3. The Kier molecular flexibility index (Phi) is 3.14. The monoisotopic (exact) mass is 200 g/mol. The summed E-state index contributed by atoms with van der Waals surface area (Å²) in [5.41, 5.74) is 0. The van der Waals surface area contributed by atoms with Crippen molar-refractivity contribution in [2.45, 2.75) is 6.92 Å². The highest BCUT2D eigenvalue weighted by Gasteiger charge is 2.03. The first-order chi connectivity index (χ1) is 6.09. The van der Waals surface area contributed by atoms with Crippen LogP contribution in [-0.4, -0.2) is 17.5 Å². The molecule has 0 radical (unpaired) electrons. The number of benzene rings is 1. The molecule has 13 heavy (non-hydrogen) atoms. The van der Waals surface area contributed by atoms with E-state index in [4.69, 9.17) is 16.3 Å². The molecule has 1 rings (SSSR count). The van der Waals surface area contributed by atoms with Crippen LogP contribution >= 0.6 is 11.6 Å². The fourth-order valence-corrected chi connectivity index (χ4v) is 0.958. The number of hydrogen-bond donors (Lipinski definition) is 1. The van der Waals surface area contributed by atoms with Gasteiger partial charge >= 0.3 is 0 Å². The van der Waals surface area contributed by atoms with Gasteiger partial charge in [-0.2, -0.15) is 0 Å². The molecule has 0 aromatic heterocycles. The first-order valence-corrected chi connectivity index (χ1v) is 4.08. The largest absolute Gasteiger partial charge is 0.504 e. The van der Waals surface area contributed by atoms with Gasteiger partial charge in [-0.3, -0.25) is 4.79 Å². The van der Waals surface area contributed by atoms with Crippen LogP contribution in [0.3, 0.4) is 0 Å². The Balaban J connectivity index is 2.72. The number of ether oxygens (including phenoxy) is 1. The molecule has 0 amide bonds. The van der Waals surface area contributed by atoms with Gasteiger partial charge in [0, 0.05) is 11.1 Å². The van der Waals surface area contributed by atoms with Crippen LogP contribution in [0.4, 0.5) is 0 Å². The van der Waals surface area contributed by atoms with Crippen LogP contribution in [0.1, 0.15) is 6.92 Å². The van der Waals surface area contributed by atoms with E-state index >= 15 is 0 Å². The predicted octanol–water partition coefficient (Wildman–Crippen LogP) is 2.01. The minimum absolute atomic E-state index is 0.0464. The van der Waals surface area contributed by atoms with Gasteiger partial charge in [-0.05, 0) is 19.1 Å². The van der Waals surface area contributed by atoms with E-state index in [1.165, 1.54) is 19.1 Å². The first kappa shape index (κ1) is 9.86. The number of ketones is 1. The molecule has 0 aliphatic rings. The van der Waals surface area contributed by atoms with Crippen LogP contribution in [0.15, 0.2) is 18.2 Å². The van der Waals surface area contributed by atoms with Gasteiger partial charge in [-0.15, -0.1) is 0 Å². The van der Waals surface area contributed by atoms with Gasteiger partial charge in [-0.25, -0.2) is 0 Å². The Morgan fingerprint density at radius 1 is 1.62 bits per heavy atom. The van der Waals surface area contributed by atoms with E-state index in [-0.39, 0.29) is 23.9 Å². The first-order valence-electron chi connectivity index (χ1n) is 3.70. The van der Waals surface area contributed by atoms with Crippen molar-refractivity contribution in [2.24, 2.45) is 0 Å². The highest BCUT2D eigenvalue weighted by Crippen LogP contribution is 2.28. The number of rotatable bonds is 3. The number of carbonyl (C=O) groups is 1. The molecule has 0 saturated carbocycles. The van der Waals surface area contributed by atoms with Crippen molar-refractivity contribution in [3.05, 3.63) is 23.2 Å². The molecule has 1 aromatic rings. The van der Waals surface area contributed by atoms with E-state index in [9.17, 15) is 9.90 Å². The molecule has 0 saturated heterocycles. The highest BCUT2D eigenvalue weighted by atomic mass is 35.5. The summed E-state index contributed by atoms with van der Waals surface area (Å²) in [4.78, 5) is 10.6. The van der Waals surface area contributed by atoms with Gasteiger partial charge in [0.2, 0.25) is 0 Å². The zero-order valence-electron chi connectivity index (χ0n) is 7.08. The Hall–Kier alpha value is -1.22. The van der Waals surface area contributed by atoms with Gasteiger partial charge in [0.05, 0.1) is 0 Å². The van der Waals surface area contributed by atoms with Crippen LogP contribution in [0.2, 0.25) is 5.02 Å². The fourth-order valence-electron chi connectivity index (χ4n) is 0.792. The number of phenolic OH excluding ortho intramolecular Hbond substituents is 1. The van der Waals surface area contributed by atoms with Crippen molar-refractivity contribution in [1.29, 1.82) is 0 Å². The molecule has 0 spiro atoms. The normalized spacial score (nSPS) is 9.69. The molecule has 0 heterocycles. The maximum Gasteiger partial charge on any atom is 0.167 e. The Morgan fingerprint density at radius 3 is 2.85 bits per heavy atom. The number of hydrogen-bond acceptors (Lipinski definition) is 3. The average molecular weight is 201 g/mol. The minimum Gasteiger partial charge on any atom is -0.504 e. The van der Waals surface area contributed by atoms with Crippen molar-refractivity contribution < 1.29 is 14.6 Å². The highest BCUT2D eigenvalue weighted by molar-refractivity contribution is 6.30. The van der Waals surface area contributed by atoms with E-state index in [0.717, 1.165) is 0 Å². The smallest absolute Gasteiger partial charge is 0.167 e. The quantitative estimate of drug-likeness (QED) is 0.812. The Labute approximate surface area is 80.9 Å². The van der Waals surface area contributed by atoms with Crippen LogP contribution in [0.25, 0.3) is 0 Å². The third-order valence-corrected chi connectivity index (χ3v) is 1.59. The molecule has 0 aliphatic heterocycles. The van der Waals surface area contributed by atoms with Crippen LogP contribution in [0, 0.1) is 0 Å². The maximum atomic E-state index is 10.6. The average Bonchev–Trinajstić information content (AvgIpc) is 2.02. The molecule has 4 heteroatoms. The molecule has 0 atom stereocenters. The van der Waals surface area contributed by atoms with Crippen LogP contribution in [0.5, 0.6) is 11.5 Å². The molecule has 3 nitrogen and oxygen atoms in total. The number of phenols is 1. The standard InChI is InChI=1S/C9H9ClO3/c1-6(11)5-13-9-3-2-7(10)4-8(9)12/h2-4,12H,5H2,1H3. The third kappa shape index (κ3) is 2.95. The molecule has 0 fully saturated rings. The van der Waals surface area contributed by atoms with Crippen molar-refractivity contribution in [2.75, 3.05) is 6.61 Å². The van der Waals surface area contributed by atoms with E-state index in [0.29, 0.717) is 5.02 Å². The summed E-state index contributed by atoms with van der Waals surface area (Å²) >= 11 is 5.60. The summed E-state index contributed by atoms with van der Waals surface area (Å²) in [6.07, 6.45) is 0. The van der Waals surface area contributed by atoms with Crippen molar-refractivity contribution in [3.63, 3.8) is 0 Å². The van der Waals surface area contributed by atoms with Crippen LogP contribution < -0.4 is 4.74 Å². The third-order valence-electron chi connectivity index (χ3n) is 1.35. The molecule has 1 aromatic carbocycles. The summed E-state index contributed by atoms with van der Waals surface area (Å²) in [5, 5.41) is 9.71. The summed E-state index contributed by atoms with van der Waals surface area (Å²) in [5.74, 6) is 0.0997. The minimum atomic E-state index is -0.102. The van der Waals surface area contributed by atoms with E-state index in [1.807, 2.05) is 0 Å². The topological polar surface area (TPSA) is 46.5 Å². The van der Waals surface area contributed by atoms with Crippen molar-refractivity contribution in [3.8, 4) is 11.5 Å².